The quantitative estimate of drug-likeness (QED) is 0.186. The molecule has 0 bridgehead atoms. The molecular weight excluding hydrogens is 494 g/mol. The van der Waals surface area contributed by atoms with Gasteiger partial charge in [-0.05, 0) is 56.2 Å². The van der Waals surface area contributed by atoms with E-state index in [9.17, 15) is 14.4 Å². The molecule has 1 aromatic heterocycles. The van der Waals surface area contributed by atoms with E-state index in [1.54, 1.807) is 19.9 Å². The number of hydrogen-bond donors (Lipinski definition) is 3. The molecule has 1 heterocycles. The Hall–Kier alpha value is -2.00. The Balaban J connectivity index is 0.000000757. The fraction of sp³-hybridized carbons (Fsp3) is 0.708. The van der Waals surface area contributed by atoms with Crippen LogP contribution in [0.2, 0.25) is 36.3 Å². The smallest absolute Gasteiger partial charge is 0.289 e. The van der Waals surface area contributed by atoms with Crippen LogP contribution in [0.5, 0.6) is 0 Å². The molecule has 2 atom stereocenters. The highest BCUT2D eigenvalue weighted by molar-refractivity contribution is 6.74. The van der Waals surface area contributed by atoms with E-state index in [0.717, 1.165) is 0 Å². The van der Waals surface area contributed by atoms with Gasteiger partial charge in [-0.1, -0.05) is 41.5 Å². The molecule has 0 aliphatic rings. The summed E-state index contributed by atoms with van der Waals surface area (Å²) in [5.41, 5.74) is 2.10. The molecule has 1 aromatic rings. The van der Waals surface area contributed by atoms with Gasteiger partial charge in [0, 0.05) is 12.4 Å². The van der Waals surface area contributed by atoms with Crippen LogP contribution < -0.4 is 16.6 Å². The highest BCUT2D eigenvalue weighted by atomic mass is 28.4. The average molecular weight is 542 g/mol. The monoisotopic (exact) mass is 541 g/mol. The molecule has 0 spiro atoms. The van der Waals surface area contributed by atoms with Crippen LogP contribution >= 0.6 is 0 Å². The van der Waals surface area contributed by atoms with Gasteiger partial charge in [-0.3, -0.25) is 19.8 Å². The van der Waals surface area contributed by atoms with E-state index in [4.69, 9.17) is 14.7 Å². The highest BCUT2D eigenvalue weighted by Gasteiger charge is 2.40. The van der Waals surface area contributed by atoms with Gasteiger partial charge in [0.2, 0.25) is 5.82 Å². The summed E-state index contributed by atoms with van der Waals surface area (Å²) < 4.78 is 11.8. The fourth-order valence-corrected chi connectivity index (χ4v) is 4.99. The van der Waals surface area contributed by atoms with Gasteiger partial charge < -0.3 is 14.2 Å². The van der Waals surface area contributed by atoms with Crippen LogP contribution in [0.15, 0.2) is 18.5 Å². The SMILES string of the molecule is C[C@@H](O[Si](C)(C)C(C)(C)C)C(=O)CNC(=O)c1ncccn1.C[C@@H](O[Si](C)(C)C(C)(C)C)C(=O)NN. The summed E-state index contributed by atoms with van der Waals surface area (Å²) in [6.45, 7) is 24.5. The second kappa shape index (κ2) is 13.5. The van der Waals surface area contributed by atoms with Crippen LogP contribution in [-0.2, 0) is 18.4 Å². The molecule has 36 heavy (non-hydrogen) atoms. The molecule has 0 fully saturated rings. The Bertz CT molecular complexity index is 868. The lowest BCUT2D eigenvalue weighted by molar-refractivity contribution is -0.127. The Labute approximate surface area is 218 Å². The zero-order valence-corrected chi connectivity index (χ0v) is 26.1. The molecule has 4 N–H and O–H groups in total. The van der Waals surface area contributed by atoms with Crippen LogP contribution in [0.4, 0.5) is 0 Å². The largest absolute Gasteiger partial charge is 0.407 e. The van der Waals surface area contributed by atoms with Crippen LogP contribution in [0.25, 0.3) is 0 Å². The number of hydrazine groups is 1. The van der Waals surface area contributed by atoms with Crippen molar-refractivity contribution in [2.24, 2.45) is 5.84 Å². The van der Waals surface area contributed by atoms with Crippen LogP contribution in [-0.4, -0.2) is 63.0 Å². The number of hydrogen-bond acceptors (Lipinski definition) is 8. The molecular formula is C24H47N5O5Si2. The minimum atomic E-state index is -2.01. The van der Waals surface area contributed by atoms with Gasteiger partial charge in [-0.25, -0.2) is 15.8 Å². The van der Waals surface area contributed by atoms with E-state index in [-0.39, 0.29) is 34.1 Å². The number of nitrogens with one attached hydrogen (secondary N) is 2. The Morgan fingerprint density at radius 1 is 0.889 bits per heavy atom. The van der Waals surface area contributed by atoms with Crippen LogP contribution in [0.3, 0.4) is 0 Å². The van der Waals surface area contributed by atoms with Crippen molar-refractivity contribution >= 4 is 34.2 Å². The molecule has 0 aliphatic carbocycles. The number of ketones is 1. The van der Waals surface area contributed by atoms with Gasteiger partial charge in [0.1, 0.15) is 12.2 Å². The van der Waals surface area contributed by atoms with E-state index < -0.39 is 34.7 Å². The maximum absolute atomic E-state index is 12.1. The minimum Gasteiger partial charge on any atom is -0.407 e. The lowest BCUT2D eigenvalue weighted by atomic mass is 10.2. The number of aromatic nitrogens is 2. The van der Waals surface area contributed by atoms with Crippen molar-refractivity contribution in [3.05, 3.63) is 24.3 Å². The summed E-state index contributed by atoms with van der Waals surface area (Å²) in [4.78, 5) is 42.8. The third-order valence-electron chi connectivity index (χ3n) is 6.71. The van der Waals surface area contributed by atoms with Crippen molar-refractivity contribution in [2.45, 2.75) is 104 Å². The van der Waals surface area contributed by atoms with E-state index in [0.29, 0.717) is 0 Å². The van der Waals surface area contributed by atoms with Crippen molar-refractivity contribution in [3.8, 4) is 0 Å². The highest BCUT2D eigenvalue weighted by Crippen LogP contribution is 2.38. The first-order chi connectivity index (χ1) is 16.2. The number of nitrogens with two attached hydrogens (primary N) is 1. The van der Waals surface area contributed by atoms with Crippen LogP contribution in [0, 0.1) is 0 Å². The van der Waals surface area contributed by atoms with Gasteiger partial charge in [0.25, 0.3) is 11.8 Å². The maximum atomic E-state index is 12.1. The fourth-order valence-electron chi connectivity index (χ4n) is 2.28. The number of rotatable bonds is 9. The Morgan fingerprint density at radius 2 is 1.31 bits per heavy atom. The lowest BCUT2D eigenvalue weighted by Gasteiger charge is -2.38. The molecule has 0 aromatic carbocycles. The zero-order valence-electron chi connectivity index (χ0n) is 24.1. The molecule has 10 nitrogen and oxygen atoms in total. The lowest BCUT2D eigenvalue weighted by Crippen LogP contribution is -2.48. The molecule has 12 heteroatoms. The summed E-state index contributed by atoms with van der Waals surface area (Å²) in [6, 6.07) is 1.62. The topological polar surface area (TPSA) is 146 Å². The molecule has 0 unspecified atom stereocenters. The average Bonchev–Trinajstić information content (AvgIpc) is 2.75. The van der Waals surface area contributed by atoms with E-state index in [1.807, 2.05) is 0 Å². The first-order valence-corrected chi connectivity index (χ1v) is 17.9. The summed E-state index contributed by atoms with van der Waals surface area (Å²) in [5, 5.41) is 2.66. The minimum absolute atomic E-state index is 0.0304. The van der Waals surface area contributed by atoms with E-state index >= 15 is 0 Å². The van der Waals surface area contributed by atoms with Crippen molar-refractivity contribution in [1.82, 2.24) is 20.7 Å². The standard InChI is InChI=1S/C15H25N3O3Si.C9H22N2O2Si/c1-11(21-22(5,6)15(2,3)4)12(19)10-18-14(20)13-16-8-7-9-17-13;1-7(8(12)11-10)13-14(5,6)9(2,3)4/h7-9,11H,10H2,1-6H3,(H,18,20);7H,10H2,1-6H3,(H,11,12)/t11-;7-/m11/s1. The van der Waals surface area contributed by atoms with Gasteiger partial charge in [0.05, 0.1) is 6.54 Å². The normalized spacial score (nSPS) is 14.1. The molecule has 1 rings (SSSR count). The number of Topliss-reactive ketones (excluding diaryl/α,β-unsaturated/α-hetero) is 1. The van der Waals surface area contributed by atoms with Crippen LogP contribution in [0.1, 0.15) is 66.0 Å². The second-order valence-corrected chi connectivity index (χ2v) is 21.3. The molecule has 0 saturated heterocycles. The van der Waals surface area contributed by atoms with E-state index in [2.05, 4.69) is 88.4 Å². The Morgan fingerprint density at radius 3 is 1.69 bits per heavy atom. The Kier molecular flexibility index (Phi) is 12.8. The first kappa shape index (κ1) is 34.0. The summed E-state index contributed by atoms with van der Waals surface area (Å²) in [5.74, 6) is 4.19. The van der Waals surface area contributed by atoms with Crippen molar-refractivity contribution < 1.29 is 23.2 Å². The molecule has 206 valence electrons. The predicted molar refractivity (Wildman–Crippen MR) is 147 cm³/mol. The van der Waals surface area contributed by atoms with Crippen molar-refractivity contribution in [2.75, 3.05) is 6.54 Å². The maximum Gasteiger partial charge on any atom is 0.289 e. The van der Waals surface area contributed by atoms with Gasteiger partial charge in [-0.2, -0.15) is 0 Å². The van der Waals surface area contributed by atoms with Crippen molar-refractivity contribution in [1.29, 1.82) is 0 Å². The number of carbonyl (C=O) groups is 3. The van der Waals surface area contributed by atoms with E-state index in [1.165, 1.54) is 12.4 Å². The number of nitrogens with zero attached hydrogens (tertiary/aromatic N) is 2. The third-order valence-corrected chi connectivity index (χ3v) is 15.8. The summed E-state index contributed by atoms with van der Waals surface area (Å²) in [7, 11) is -3.87. The molecule has 0 radical (unpaired) electrons. The third kappa shape index (κ3) is 11.0. The van der Waals surface area contributed by atoms with Crippen molar-refractivity contribution in [3.63, 3.8) is 0 Å². The molecule has 2 amide bonds. The summed E-state index contributed by atoms with van der Waals surface area (Å²) in [6.07, 6.45) is 1.94. The number of carbonyl (C=O) groups excluding carboxylic acids is 3. The second-order valence-electron chi connectivity index (χ2n) is 11.8. The first-order valence-electron chi connectivity index (χ1n) is 12.1. The van der Waals surface area contributed by atoms with Gasteiger partial charge >= 0.3 is 0 Å². The molecule has 0 aliphatic heterocycles. The number of amides is 2. The summed E-state index contributed by atoms with van der Waals surface area (Å²) >= 11 is 0. The molecule has 0 saturated carbocycles. The van der Waals surface area contributed by atoms with Gasteiger partial charge in [0.15, 0.2) is 22.4 Å². The van der Waals surface area contributed by atoms with Gasteiger partial charge in [-0.15, -0.1) is 0 Å². The zero-order chi connectivity index (χ0) is 28.5. The predicted octanol–water partition coefficient (Wildman–Crippen LogP) is 3.57.